The van der Waals surface area contributed by atoms with Crippen LogP contribution in [-0.2, 0) is 0 Å². The second-order valence-electron chi connectivity index (χ2n) is 1.31. The van der Waals surface area contributed by atoms with Gasteiger partial charge in [-0.1, -0.05) is 0 Å². The summed E-state index contributed by atoms with van der Waals surface area (Å²) >= 11 is 8.69. The van der Waals surface area contributed by atoms with Crippen molar-refractivity contribution in [2.75, 3.05) is 6.54 Å². The molecule has 0 aromatic rings. The third kappa shape index (κ3) is 1.49. The first-order valence-electron chi connectivity index (χ1n) is 2.11. The lowest BCUT2D eigenvalue weighted by molar-refractivity contribution is 1.11. The average molecular weight is 195 g/mol. The Hall–Kier alpha value is -0.0200. The van der Waals surface area contributed by atoms with Crippen LogP contribution in [0.2, 0.25) is 0 Å². The van der Waals surface area contributed by atoms with Crippen molar-refractivity contribution in [2.24, 2.45) is 4.99 Å². The van der Waals surface area contributed by atoms with Crippen molar-refractivity contribution in [1.29, 1.82) is 0 Å². The highest BCUT2D eigenvalue weighted by molar-refractivity contribution is 9.11. The predicted octanol–water partition coefficient (Wildman–Crippen LogP) is 1.42. The first-order valence-corrected chi connectivity index (χ1v) is 3.29. The number of rotatable bonds is 0. The van der Waals surface area contributed by atoms with Crippen LogP contribution in [0.4, 0.5) is 0 Å². The van der Waals surface area contributed by atoms with E-state index >= 15 is 0 Å². The van der Waals surface area contributed by atoms with Gasteiger partial charge in [0.2, 0.25) is 0 Å². The Morgan fingerprint density at radius 1 is 1.88 bits per heavy atom. The van der Waals surface area contributed by atoms with Gasteiger partial charge in [0.1, 0.15) is 0 Å². The van der Waals surface area contributed by atoms with E-state index in [2.05, 4.69) is 26.2 Å². The van der Waals surface area contributed by atoms with Crippen molar-refractivity contribution in [3.63, 3.8) is 0 Å². The average Bonchev–Trinajstić information content (AvgIpc) is 1.64. The molecule has 1 heterocycles. The normalized spacial score (nSPS) is 18.8. The molecule has 0 aliphatic carbocycles. The van der Waals surface area contributed by atoms with Gasteiger partial charge in [-0.15, -0.1) is 0 Å². The Morgan fingerprint density at radius 2 is 2.62 bits per heavy atom. The fourth-order valence-corrected chi connectivity index (χ4v) is 1.01. The van der Waals surface area contributed by atoms with Crippen LogP contribution >= 0.6 is 27.5 Å². The molecular formula is C4H4BrClN2. The van der Waals surface area contributed by atoms with Crippen molar-refractivity contribution in [2.45, 2.75) is 0 Å². The van der Waals surface area contributed by atoms with E-state index in [1.54, 1.807) is 0 Å². The summed E-state index contributed by atoms with van der Waals surface area (Å²) in [5, 5.41) is 3.22. The van der Waals surface area contributed by atoms with Crippen LogP contribution in [0.25, 0.3) is 0 Å². The van der Waals surface area contributed by atoms with E-state index in [0.717, 1.165) is 4.61 Å². The Balaban J connectivity index is 2.57. The Bertz CT molecular complexity index is 136. The monoisotopic (exact) mass is 194 g/mol. The van der Waals surface area contributed by atoms with Gasteiger partial charge in [-0.2, -0.15) is 0 Å². The number of halogens is 2. The molecule has 0 saturated carbocycles. The fraction of sp³-hybridized carbons (Fsp3) is 0.250. The molecule has 4 heteroatoms. The molecule has 2 nitrogen and oxygen atoms in total. The predicted molar refractivity (Wildman–Crippen MR) is 38.3 cm³/mol. The van der Waals surface area contributed by atoms with Crippen LogP contribution in [-0.4, -0.2) is 11.8 Å². The molecule has 0 bridgehead atoms. The minimum Gasteiger partial charge on any atom is -0.325 e. The van der Waals surface area contributed by atoms with E-state index in [0.29, 0.717) is 11.8 Å². The van der Waals surface area contributed by atoms with Gasteiger partial charge in [-0.3, -0.25) is 4.99 Å². The zero-order valence-corrected chi connectivity index (χ0v) is 6.33. The number of amidine groups is 1. The maximum atomic E-state index is 5.48. The molecule has 0 amide bonds. The van der Waals surface area contributed by atoms with Crippen LogP contribution < -0.4 is 5.32 Å². The van der Waals surface area contributed by atoms with Gasteiger partial charge in [0.15, 0.2) is 5.29 Å². The van der Waals surface area contributed by atoms with Crippen molar-refractivity contribution in [1.82, 2.24) is 5.32 Å². The van der Waals surface area contributed by atoms with Crippen molar-refractivity contribution in [3.05, 3.63) is 10.7 Å². The maximum Gasteiger partial charge on any atom is 0.196 e. The summed E-state index contributed by atoms with van der Waals surface area (Å²) < 4.78 is 0.887. The third-order valence-electron chi connectivity index (χ3n) is 0.723. The first kappa shape index (κ1) is 6.11. The summed E-state index contributed by atoms with van der Waals surface area (Å²) in [5.41, 5.74) is 0. The van der Waals surface area contributed by atoms with E-state index < -0.39 is 0 Å². The summed E-state index contributed by atoms with van der Waals surface area (Å²) in [6.07, 6.45) is 1.89. The number of nitrogens with one attached hydrogen (secondary N) is 1. The molecule has 1 aliphatic rings. The molecule has 44 valence electrons. The van der Waals surface area contributed by atoms with Crippen molar-refractivity contribution in [3.8, 4) is 0 Å². The number of hydrogen-bond donors (Lipinski definition) is 1. The van der Waals surface area contributed by atoms with Crippen LogP contribution in [0.15, 0.2) is 15.7 Å². The Morgan fingerprint density at radius 3 is 3.00 bits per heavy atom. The highest BCUT2D eigenvalue weighted by Gasteiger charge is 1.98. The molecule has 0 spiro atoms. The fourth-order valence-electron chi connectivity index (χ4n) is 0.395. The quantitative estimate of drug-likeness (QED) is 0.581. The standard InChI is InChI=1S/C4H4BrClN2/c5-3-1-2-7-4(6)8-3/h1H,2H2,(H,7,8). The van der Waals surface area contributed by atoms with E-state index in [1.165, 1.54) is 0 Å². The van der Waals surface area contributed by atoms with Crippen LogP contribution in [0, 0.1) is 0 Å². The second kappa shape index (κ2) is 2.51. The molecule has 0 atom stereocenters. The lowest BCUT2D eigenvalue weighted by Crippen LogP contribution is -2.17. The molecule has 8 heavy (non-hydrogen) atoms. The molecule has 0 saturated heterocycles. The van der Waals surface area contributed by atoms with Gasteiger partial charge in [0.05, 0.1) is 11.2 Å². The minimum atomic E-state index is 0.444. The molecule has 0 fully saturated rings. The Labute approximate surface area is 60.8 Å². The molecule has 1 rings (SSSR count). The molecule has 0 unspecified atom stereocenters. The zero-order valence-electron chi connectivity index (χ0n) is 3.99. The van der Waals surface area contributed by atoms with E-state index in [4.69, 9.17) is 11.6 Å². The second-order valence-corrected chi connectivity index (χ2v) is 2.52. The summed E-state index contributed by atoms with van der Waals surface area (Å²) in [7, 11) is 0. The SMILES string of the molecule is ClC1=NCC=C(Br)N1. The summed E-state index contributed by atoms with van der Waals surface area (Å²) in [6.45, 7) is 0.659. The topological polar surface area (TPSA) is 24.4 Å². The highest BCUT2D eigenvalue weighted by atomic mass is 79.9. The van der Waals surface area contributed by atoms with Gasteiger partial charge >= 0.3 is 0 Å². The molecule has 1 aliphatic heterocycles. The van der Waals surface area contributed by atoms with Gasteiger partial charge in [0, 0.05) is 0 Å². The van der Waals surface area contributed by atoms with Gasteiger partial charge in [-0.05, 0) is 33.6 Å². The zero-order chi connectivity index (χ0) is 5.98. The third-order valence-corrected chi connectivity index (χ3v) is 1.46. The number of nitrogens with zero attached hydrogens (tertiary/aromatic N) is 1. The lowest BCUT2D eigenvalue weighted by atomic mass is 10.6. The van der Waals surface area contributed by atoms with Crippen LogP contribution in [0.1, 0.15) is 0 Å². The summed E-state index contributed by atoms with van der Waals surface area (Å²) in [6, 6.07) is 0. The first-order chi connectivity index (χ1) is 3.79. The van der Waals surface area contributed by atoms with Crippen LogP contribution in [0.3, 0.4) is 0 Å². The van der Waals surface area contributed by atoms with E-state index in [-0.39, 0.29) is 0 Å². The molecule has 0 aromatic carbocycles. The molecule has 0 radical (unpaired) electrons. The highest BCUT2D eigenvalue weighted by Crippen LogP contribution is 2.04. The summed E-state index contributed by atoms with van der Waals surface area (Å²) in [4.78, 5) is 3.84. The smallest absolute Gasteiger partial charge is 0.196 e. The van der Waals surface area contributed by atoms with Gasteiger partial charge in [0.25, 0.3) is 0 Å². The number of hydrogen-bond acceptors (Lipinski definition) is 2. The Kier molecular flexibility index (Phi) is 1.91. The van der Waals surface area contributed by atoms with Gasteiger partial charge < -0.3 is 5.32 Å². The lowest BCUT2D eigenvalue weighted by Gasteiger charge is -2.05. The van der Waals surface area contributed by atoms with Gasteiger partial charge in [-0.25, -0.2) is 0 Å². The van der Waals surface area contributed by atoms with Crippen molar-refractivity contribution >= 4 is 32.8 Å². The van der Waals surface area contributed by atoms with E-state index in [9.17, 15) is 0 Å². The minimum absolute atomic E-state index is 0.444. The molecule has 1 N–H and O–H groups in total. The molecule has 0 aromatic heterocycles. The van der Waals surface area contributed by atoms with E-state index in [1.807, 2.05) is 6.08 Å². The summed E-state index contributed by atoms with van der Waals surface area (Å²) in [5.74, 6) is 0. The number of aliphatic imine (C=N–C) groups is 1. The van der Waals surface area contributed by atoms with Crippen molar-refractivity contribution < 1.29 is 0 Å². The largest absolute Gasteiger partial charge is 0.325 e. The van der Waals surface area contributed by atoms with Crippen LogP contribution in [0.5, 0.6) is 0 Å². The molecular weight excluding hydrogens is 191 g/mol. The maximum absolute atomic E-state index is 5.48.